The first-order chi connectivity index (χ1) is 29.0. The summed E-state index contributed by atoms with van der Waals surface area (Å²) in [5.74, 6) is 0. The molecule has 0 fully saturated rings. The van der Waals surface area contributed by atoms with Crippen LogP contribution in [0.25, 0.3) is 72.0 Å². The Morgan fingerprint density at radius 2 is 0.847 bits per heavy atom. The second kappa shape index (κ2) is 13.9. The zero-order chi connectivity index (χ0) is 39.5. The fraction of sp³-hybridized carbons (Fsp3) is 0.0526. The number of nitrogens with zero attached hydrogens (tertiary/aromatic N) is 2. The predicted octanol–water partition coefficient (Wildman–Crippen LogP) is 15.6. The van der Waals surface area contributed by atoms with Crippen LogP contribution < -0.4 is 4.90 Å². The van der Waals surface area contributed by atoms with Gasteiger partial charge >= 0.3 is 0 Å². The van der Waals surface area contributed by atoms with Gasteiger partial charge in [0.2, 0.25) is 0 Å². The number of fused-ring (bicyclic) bond motifs is 7. The Labute approximate surface area is 345 Å². The molecule has 0 N–H and O–H groups in total. The van der Waals surface area contributed by atoms with Crippen molar-refractivity contribution in [1.82, 2.24) is 4.57 Å². The van der Waals surface area contributed by atoms with Crippen molar-refractivity contribution in [2.24, 2.45) is 0 Å². The molecule has 0 saturated heterocycles. The molecule has 2 nitrogen and oxygen atoms in total. The molecule has 0 spiro atoms. The smallest absolute Gasteiger partial charge is 0.0625 e. The molecule has 0 saturated carbocycles. The number of anilines is 3. The molecule has 11 rings (SSSR count). The SMILES string of the molecule is CC1(C)c2ccccc2-c2c1cc(-c1ccc(N(c3ccc(-c4ccccc4)cc3)c3ccc(-c4ccccc4)cc3)cc1)c1c2c2ccccc2n1-c1ccccc1. The minimum absolute atomic E-state index is 0.153. The van der Waals surface area contributed by atoms with Gasteiger partial charge in [0.25, 0.3) is 0 Å². The van der Waals surface area contributed by atoms with E-state index in [1.54, 1.807) is 0 Å². The fourth-order valence-corrected chi connectivity index (χ4v) is 9.50. The molecule has 280 valence electrons. The lowest BCUT2D eigenvalue weighted by atomic mass is 9.81. The van der Waals surface area contributed by atoms with Crippen molar-refractivity contribution in [2.45, 2.75) is 19.3 Å². The summed E-state index contributed by atoms with van der Waals surface area (Å²) in [6.07, 6.45) is 0. The van der Waals surface area contributed by atoms with E-state index in [4.69, 9.17) is 0 Å². The molecule has 0 radical (unpaired) electrons. The van der Waals surface area contributed by atoms with Crippen molar-refractivity contribution in [1.29, 1.82) is 0 Å². The van der Waals surface area contributed by atoms with E-state index in [1.165, 1.54) is 77.4 Å². The summed E-state index contributed by atoms with van der Waals surface area (Å²) >= 11 is 0. The van der Waals surface area contributed by atoms with E-state index in [2.05, 4.69) is 242 Å². The van der Waals surface area contributed by atoms with Crippen LogP contribution in [0.1, 0.15) is 25.0 Å². The number of aromatic nitrogens is 1. The highest BCUT2D eigenvalue weighted by molar-refractivity contribution is 6.21. The first-order valence-electron chi connectivity index (χ1n) is 20.5. The normalized spacial score (nSPS) is 12.7. The third kappa shape index (κ3) is 5.71. The third-order valence-corrected chi connectivity index (χ3v) is 12.4. The molecule has 0 atom stereocenters. The summed E-state index contributed by atoms with van der Waals surface area (Å²) < 4.78 is 2.48. The van der Waals surface area contributed by atoms with Crippen LogP contribution in [0.4, 0.5) is 17.1 Å². The average molecular weight is 755 g/mol. The van der Waals surface area contributed by atoms with Crippen LogP contribution in [-0.4, -0.2) is 4.57 Å². The highest BCUT2D eigenvalue weighted by Gasteiger charge is 2.38. The minimum Gasteiger partial charge on any atom is -0.311 e. The molecule has 10 aromatic rings. The van der Waals surface area contributed by atoms with Gasteiger partial charge in [-0.1, -0.05) is 172 Å². The molecule has 9 aromatic carbocycles. The first kappa shape index (κ1) is 34.8. The van der Waals surface area contributed by atoms with Gasteiger partial charge in [-0.15, -0.1) is 0 Å². The molecule has 0 amide bonds. The highest BCUT2D eigenvalue weighted by Crippen LogP contribution is 2.55. The zero-order valence-corrected chi connectivity index (χ0v) is 33.2. The monoisotopic (exact) mass is 754 g/mol. The van der Waals surface area contributed by atoms with Crippen LogP contribution in [0.5, 0.6) is 0 Å². The molecule has 1 aliphatic carbocycles. The van der Waals surface area contributed by atoms with Crippen molar-refractivity contribution in [3.8, 4) is 50.2 Å². The van der Waals surface area contributed by atoms with Gasteiger partial charge < -0.3 is 9.47 Å². The Bertz CT molecular complexity index is 3040. The molecule has 59 heavy (non-hydrogen) atoms. The summed E-state index contributed by atoms with van der Waals surface area (Å²) in [7, 11) is 0. The van der Waals surface area contributed by atoms with Gasteiger partial charge in [0.15, 0.2) is 0 Å². The molecule has 0 aliphatic heterocycles. The van der Waals surface area contributed by atoms with Crippen molar-refractivity contribution < 1.29 is 0 Å². The van der Waals surface area contributed by atoms with Crippen molar-refractivity contribution in [3.63, 3.8) is 0 Å². The van der Waals surface area contributed by atoms with E-state index in [-0.39, 0.29) is 5.41 Å². The van der Waals surface area contributed by atoms with Crippen molar-refractivity contribution in [2.75, 3.05) is 4.90 Å². The van der Waals surface area contributed by atoms with Gasteiger partial charge in [-0.3, -0.25) is 0 Å². The van der Waals surface area contributed by atoms with Gasteiger partial charge in [-0.25, -0.2) is 0 Å². The van der Waals surface area contributed by atoms with Crippen molar-refractivity contribution in [3.05, 3.63) is 230 Å². The summed E-state index contributed by atoms with van der Waals surface area (Å²) in [5, 5.41) is 2.59. The number of para-hydroxylation sites is 2. The summed E-state index contributed by atoms with van der Waals surface area (Å²) in [6, 6.07) is 79.6. The maximum absolute atomic E-state index is 2.49. The summed E-state index contributed by atoms with van der Waals surface area (Å²) in [5.41, 5.74) is 19.5. The van der Waals surface area contributed by atoms with Crippen LogP contribution in [0.2, 0.25) is 0 Å². The van der Waals surface area contributed by atoms with E-state index in [0.717, 1.165) is 22.7 Å². The molecule has 1 aromatic heterocycles. The number of hydrogen-bond donors (Lipinski definition) is 0. The van der Waals surface area contributed by atoms with Crippen LogP contribution >= 0.6 is 0 Å². The van der Waals surface area contributed by atoms with Crippen LogP contribution in [0, 0.1) is 0 Å². The Morgan fingerprint density at radius 1 is 0.390 bits per heavy atom. The molecule has 2 heteroatoms. The lowest BCUT2D eigenvalue weighted by Crippen LogP contribution is -2.15. The van der Waals surface area contributed by atoms with Crippen LogP contribution in [0.15, 0.2) is 218 Å². The highest BCUT2D eigenvalue weighted by atomic mass is 15.1. The average Bonchev–Trinajstić information content (AvgIpc) is 3.76. The van der Waals surface area contributed by atoms with Gasteiger partial charge in [-0.05, 0) is 111 Å². The Hall–Kier alpha value is -7.42. The summed E-state index contributed by atoms with van der Waals surface area (Å²) in [4.78, 5) is 2.37. The summed E-state index contributed by atoms with van der Waals surface area (Å²) in [6.45, 7) is 4.77. The standard InChI is InChI=1S/C57H42N2/c1-57(2)51-24-14-12-22-48(51)54-52(57)38-50(56-55(54)49-23-13-15-25-53(49)59(56)44-20-10-5-11-21-44)43-30-36-47(37-31-43)58(45-32-26-41(27-33-45)39-16-6-3-7-17-39)46-34-28-42(29-35-46)40-18-8-4-9-19-40/h3-38H,1-2H3. The lowest BCUT2D eigenvalue weighted by Gasteiger charge is -2.26. The minimum atomic E-state index is -0.153. The van der Waals surface area contributed by atoms with E-state index in [9.17, 15) is 0 Å². The molecular formula is C57H42N2. The van der Waals surface area contributed by atoms with E-state index < -0.39 is 0 Å². The lowest BCUT2D eigenvalue weighted by molar-refractivity contribution is 0.661. The van der Waals surface area contributed by atoms with Gasteiger partial charge in [0, 0.05) is 44.5 Å². The van der Waals surface area contributed by atoms with E-state index in [1.807, 2.05) is 0 Å². The fourth-order valence-electron chi connectivity index (χ4n) is 9.50. The van der Waals surface area contributed by atoms with Gasteiger partial charge in [-0.2, -0.15) is 0 Å². The molecule has 0 bridgehead atoms. The number of benzene rings is 9. The second-order valence-electron chi connectivity index (χ2n) is 16.1. The number of rotatable bonds is 7. The van der Waals surface area contributed by atoms with E-state index in [0.29, 0.717) is 0 Å². The largest absolute Gasteiger partial charge is 0.311 e. The molecule has 1 heterocycles. The molecular weight excluding hydrogens is 713 g/mol. The Kier molecular flexibility index (Phi) is 8.20. The quantitative estimate of drug-likeness (QED) is 0.157. The van der Waals surface area contributed by atoms with Gasteiger partial charge in [0.1, 0.15) is 0 Å². The van der Waals surface area contributed by atoms with Gasteiger partial charge in [0.05, 0.1) is 11.0 Å². The third-order valence-electron chi connectivity index (χ3n) is 12.4. The molecule has 0 unspecified atom stereocenters. The maximum Gasteiger partial charge on any atom is 0.0625 e. The topological polar surface area (TPSA) is 8.17 Å². The van der Waals surface area contributed by atoms with Crippen molar-refractivity contribution >= 4 is 38.9 Å². The predicted molar refractivity (Wildman–Crippen MR) is 249 cm³/mol. The maximum atomic E-state index is 2.49. The Balaban J connectivity index is 1.10. The first-order valence-corrected chi connectivity index (χ1v) is 20.5. The van der Waals surface area contributed by atoms with Crippen LogP contribution in [0.3, 0.4) is 0 Å². The number of hydrogen-bond acceptors (Lipinski definition) is 1. The Morgan fingerprint density at radius 3 is 1.42 bits per heavy atom. The second-order valence-corrected chi connectivity index (χ2v) is 16.1. The molecule has 1 aliphatic rings. The van der Waals surface area contributed by atoms with Crippen LogP contribution in [-0.2, 0) is 5.41 Å². The van der Waals surface area contributed by atoms with E-state index >= 15 is 0 Å². The zero-order valence-electron chi connectivity index (χ0n) is 33.2.